The van der Waals surface area contributed by atoms with E-state index in [1.54, 1.807) is 36.4 Å². The zero-order valence-corrected chi connectivity index (χ0v) is 24.5. The van der Waals surface area contributed by atoms with Crippen molar-refractivity contribution in [2.75, 3.05) is 4.90 Å². The first-order valence-electron chi connectivity index (χ1n) is 13.8. The van der Waals surface area contributed by atoms with Crippen LogP contribution in [-0.2, 0) is 21.5 Å². The molecule has 2 aliphatic rings. The number of nitro benzene ring substituents is 1. The van der Waals surface area contributed by atoms with Gasteiger partial charge in [0.2, 0.25) is 12.3 Å². The van der Waals surface area contributed by atoms with Crippen molar-refractivity contribution in [3.05, 3.63) is 103 Å². The Morgan fingerprint density at radius 3 is 2.45 bits per heavy atom. The third-order valence-electron chi connectivity index (χ3n) is 9.17. The van der Waals surface area contributed by atoms with Gasteiger partial charge < -0.3 is 10.6 Å². The normalized spacial score (nSPS) is 23.0. The minimum atomic E-state index is -0.949. The molecule has 8 nitrogen and oxygen atoms in total. The van der Waals surface area contributed by atoms with Gasteiger partial charge in [-0.3, -0.25) is 25.0 Å². The van der Waals surface area contributed by atoms with Gasteiger partial charge >= 0.3 is 0 Å². The fourth-order valence-electron chi connectivity index (χ4n) is 7.17. The molecule has 5 rings (SSSR count). The number of nitrogens with two attached hydrogens (primary N) is 1. The van der Waals surface area contributed by atoms with Crippen LogP contribution in [0.5, 0.6) is 0 Å². The monoisotopic (exact) mass is 612 g/mol. The fraction of sp³-hybridized carbons (Fsp3) is 0.355. The second-order valence-corrected chi connectivity index (χ2v) is 12.2. The third kappa shape index (κ3) is 5.03. The van der Waals surface area contributed by atoms with Crippen LogP contribution in [0.15, 0.2) is 60.7 Å². The zero-order chi connectivity index (χ0) is 30.2. The lowest BCUT2D eigenvalue weighted by molar-refractivity contribution is -0.384. The molecule has 2 amide bonds. The molecule has 1 aliphatic carbocycles. The predicted molar refractivity (Wildman–Crippen MR) is 160 cm³/mol. The zero-order valence-electron chi connectivity index (χ0n) is 23.0. The molecule has 1 saturated heterocycles. The first kappa shape index (κ1) is 29.9. The molecule has 0 aromatic heterocycles. The molecule has 42 heavy (non-hydrogen) atoms. The van der Waals surface area contributed by atoms with Gasteiger partial charge in [0.25, 0.3) is 5.69 Å². The van der Waals surface area contributed by atoms with Crippen molar-refractivity contribution in [1.82, 2.24) is 5.32 Å². The van der Waals surface area contributed by atoms with Crippen LogP contribution in [0.4, 0.5) is 15.8 Å². The molecule has 0 unspecified atom stereocenters. The molecule has 3 N–H and O–H groups in total. The molecule has 3 aromatic rings. The highest BCUT2D eigenvalue weighted by atomic mass is 35.5. The maximum Gasteiger partial charge on any atom is 0.269 e. The summed E-state index contributed by atoms with van der Waals surface area (Å²) in [5, 5.41) is 15.0. The van der Waals surface area contributed by atoms with Crippen molar-refractivity contribution < 1.29 is 18.9 Å². The standard InChI is InChI=1S/C31H31Cl2FN4O4/c1-30(23-13-10-20(32)16-25(23)37(18-39)17-19-8-11-21(12-9-19)38(41)42)26(22-6-5-7-24(33)27(22)34)28(29(35)40)36-31(30)14-3-2-4-15-31/h5-13,16,18,26,28,36H,2-4,14-15,17H2,1H3,(H2,35,40)/t26-,28+,30+/m0/s1. The smallest absolute Gasteiger partial charge is 0.269 e. The van der Waals surface area contributed by atoms with Crippen molar-refractivity contribution in [2.45, 2.75) is 68.5 Å². The highest BCUT2D eigenvalue weighted by molar-refractivity contribution is 6.31. The topological polar surface area (TPSA) is 119 Å². The van der Waals surface area contributed by atoms with Crippen molar-refractivity contribution >= 4 is 46.9 Å². The van der Waals surface area contributed by atoms with Crippen molar-refractivity contribution in [1.29, 1.82) is 0 Å². The number of carbonyl (C=O) groups is 2. The molecule has 1 spiro atoms. The number of rotatable bonds is 8. The largest absolute Gasteiger partial charge is 0.368 e. The minimum absolute atomic E-state index is 0.0625. The molecule has 3 aromatic carbocycles. The second-order valence-electron chi connectivity index (χ2n) is 11.3. The second kappa shape index (κ2) is 11.6. The highest BCUT2D eigenvalue weighted by Crippen LogP contribution is 2.60. The van der Waals surface area contributed by atoms with Crippen LogP contribution >= 0.6 is 23.2 Å². The van der Waals surface area contributed by atoms with Gasteiger partial charge in [-0.15, -0.1) is 0 Å². The van der Waals surface area contributed by atoms with Crippen LogP contribution in [0.2, 0.25) is 10.0 Å². The summed E-state index contributed by atoms with van der Waals surface area (Å²) in [6.07, 6.45) is 4.89. The SMILES string of the molecule is C[C@@]1(c2ccc(Cl)cc2N(C=O)Cc2ccc([N+](=O)[O-])cc2)[C@@H](c2cccc(Cl)c2F)[C@H](C(N)=O)NC12CCCCC2. The number of carbonyl (C=O) groups excluding carboxylic acids is 2. The van der Waals surface area contributed by atoms with Gasteiger partial charge in [-0.1, -0.05) is 79.7 Å². The van der Waals surface area contributed by atoms with Gasteiger partial charge in [0.15, 0.2) is 0 Å². The van der Waals surface area contributed by atoms with Crippen LogP contribution in [0.25, 0.3) is 0 Å². The summed E-state index contributed by atoms with van der Waals surface area (Å²) >= 11 is 12.8. The Hall–Kier alpha value is -3.53. The van der Waals surface area contributed by atoms with Gasteiger partial charge in [-0.05, 0) is 47.7 Å². The number of nitro groups is 1. The summed E-state index contributed by atoms with van der Waals surface area (Å²) in [7, 11) is 0. The number of amides is 2. The first-order valence-corrected chi connectivity index (χ1v) is 14.5. The van der Waals surface area contributed by atoms with E-state index in [0.717, 1.165) is 19.3 Å². The van der Waals surface area contributed by atoms with E-state index in [1.807, 2.05) is 13.0 Å². The number of nitrogens with one attached hydrogen (secondary N) is 1. The van der Waals surface area contributed by atoms with Crippen LogP contribution in [0.1, 0.15) is 61.6 Å². The molecule has 3 atom stereocenters. The summed E-state index contributed by atoms with van der Waals surface area (Å²) in [6.45, 7) is 2.10. The Balaban J connectivity index is 1.72. The minimum Gasteiger partial charge on any atom is -0.368 e. The van der Waals surface area contributed by atoms with E-state index in [4.69, 9.17) is 28.9 Å². The molecule has 1 saturated carbocycles. The van der Waals surface area contributed by atoms with Gasteiger partial charge in [0.1, 0.15) is 5.82 Å². The van der Waals surface area contributed by atoms with E-state index in [-0.39, 0.29) is 22.8 Å². The third-order valence-corrected chi connectivity index (χ3v) is 9.69. The highest BCUT2D eigenvalue weighted by Gasteiger charge is 2.64. The van der Waals surface area contributed by atoms with Crippen LogP contribution < -0.4 is 16.0 Å². The van der Waals surface area contributed by atoms with Gasteiger partial charge in [0, 0.05) is 39.7 Å². The number of halogens is 3. The quantitative estimate of drug-likeness (QED) is 0.173. The molecule has 1 heterocycles. The van der Waals surface area contributed by atoms with Crippen molar-refractivity contribution in [3.63, 3.8) is 0 Å². The van der Waals surface area contributed by atoms with Crippen LogP contribution in [0, 0.1) is 15.9 Å². The summed E-state index contributed by atoms with van der Waals surface area (Å²) in [5.41, 5.74) is 6.43. The molecule has 0 radical (unpaired) electrons. The average molecular weight is 614 g/mol. The Morgan fingerprint density at radius 2 is 1.83 bits per heavy atom. The predicted octanol–water partition coefficient (Wildman–Crippen LogP) is 6.41. The number of non-ortho nitro benzene ring substituents is 1. The van der Waals surface area contributed by atoms with E-state index < -0.39 is 39.6 Å². The number of hydrogen-bond donors (Lipinski definition) is 2. The maximum absolute atomic E-state index is 15.8. The lowest BCUT2D eigenvalue weighted by atomic mass is 9.56. The lowest BCUT2D eigenvalue weighted by Crippen LogP contribution is -2.56. The molecule has 1 aliphatic heterocycles. The maximum atomic E-state index is 15.8. The molecule has 0 bridgehead atoms. The van der Waals surface area contributed by atoms with Gasteiger partial charge in [0.05, 0.1) is 22.5 Å². The molecule has 11 heteroatoms. The van der Waals surface area contributed by atoms with E-state index in [0.29, 0.717) is 41.1 Å². The summed E-state index contributed by atoms with van der Waals surface area (Å²) in [6, 6.07) is 15.0. The summed E-state index contributed by atoms with van der Waals surface area (Å²) < 4.78 is 15.8. The Kier molecular flexibility index (Phi) is 8.29. The molecular weight excluding hydrogens is 582 g/mol. The fourth-order valence-corrected chi connectivity index (χ4v) is 7.52. The van der Waals surface area contributed by atoms with E-state index in [2.05, 4.69) is 5.32 Å². The number of anilines is 1. The molecular formula is C31H31Cl2FN4O4. The number of nitrogens with zero attached hydrogens (tertiary/aromatic N) is 2. The average Bonchev–Trinajstić information content (AvgIpc) is 3.22. The summed E-state index contributed by atoms with van der Waals surface area (Å²) in [4.78, 5) is 37.8. The molecule has 2 fully saturated rings. The van der Waals surface area contributed by atoms with Crippen LogP contribution in [-0.4, -0.2) is 28.8 Å². The number of benzene rings is 3. The van der Waals surface area contributed by atoms with Crippen LogP contribution in [0.3, 0.4) is 0 Å². The Labute approximate surface area is 253 Å². The Bertz CT molecular complexity index is 1530. The van der Waals surface area contributed by atoms with E-state index >= 15 is 4.39 Å². The van der Waals surface area contributed by atoms with E-state index in [1.165, 1.54) is 23.1 Å². The van der Waals surface area contributed by atoms with Crippen molar-refractivity contribution in [2.24, 2.45) is 5.73 Å². The summed E-state index contributed by atoms with van der Waals surface area (Å²) in [5.74, 6) is -1.99. The van der Waals surface area contributed by atoms with Crippen molar-refractivity contribution in [3.8, 4) is 0 Å². The lowest BCUT2D eigenvalue weighted by Gasteiger charge is -2.50. The first-order chi connectivity index (χ1) is 20.0. The molecule has 220 valence electrons. The Morgan fingerprint density at radius 1 is 1.14 bits per heavy atom. The van der Waals surface area contributed by atoms with Gasteiger partial charge in [-0.2, -0.15) is 0 Å². The van der Waals surface area contributed by atoms with Gasteiger partial charge in [-0.25, -0.2) is 4.39 Å². The number of primary amides is 1. The number of hydrogen-bond acceptors (Lipinski definition) is 5. The van der Waals surface area contributed by atoms with E-state index in [9.17, 15) is 19.7 Å².